The Bertz CT molecular complexity index is 263. The van der Waals surface area contributed by atoms with Crippen molar-refractivity contribution in [2.75, 3.05) is 13.1 Å². The molecule has 78 valence electrons. The van der Waals surface area contributed by atoms with E-state index < -0.39 is 5.67 Å². The third-order valence-corrected chi connectivity index (χ3v) is 2.75. The predicted octanol–water partition coefficient (Wildman–Crippen LogP) is 1.36. The summed E-state index contributed by atoms with van der Waals surface area (Å²) < 4.78 is 16.1. The van der Waals surface area contributed by atoms with Gasteiger partial charge < -0.3 is 9.88 Å². The number of rotatable bonds is 2. The summed E-state index contributed by atoms with van der Waals surface area (Å²) in [4.78, 5) is 3.92. The smallest absolute Gasteiger partial charge is 0.130 e. The minimum absolute atomic E-state index is 0.439. The van der Waals surface area contributed by atoms with Gasteiger partial charge in [0.25, 0.3) is 0 Å². The molecular formula is C10H16FN3. The zero-order valence-electron chi connectivity index (χ0n) is 8.25. The van der Waals surface area contributed by atoms with E-state index in [1.807, 2.05) is 10.8 Å². The normalized spacial score (nSPS) is 28.6. The Balaban J connectivity index is 1.99. The van der Waals surface area contributed by atoms with Crippen molar-refractivity contribution in [1.82, 2.24) is 14.9 Å². The van der Waals surface area contributed by atoms with Gasteiger partial charge in [-0.15, -0.1) is 0 Å². The Morgan fingerprint density at radius 2 is 2.36 bits per heavy atom. The summed E-state index contributed by atoms with van der Waals surface area (Å²) in [5.41, 5.74) is -1.05. The van der Waals surface area contributed by atoms with Gasteiger partial charge in [-0.05, 0) is 32.4 Å². The molecule has 0 amide bonds. The van der Waals surface area contributed by atoms with E-state index in [9.17, 15) is 4.39 Å². The summed E-state index contributed by atoms with van der Waals surface area (Å²) >= 11 is 0. The topological polar surface area (TPSA) is 29.9 Å². The Hall–Kier alpha value is -0.900. The van der Waals surface area contributed by atoms with Crippen LogP contribution < -0.4 is 5.32 Å². The second kappa shape index (κ2) is 4.09. The molecule has 2 rings (SSSR count). The second-order valence-electron chi connectivity index (χ2n) is 3.99. The van der Waals surface area contributed by atoms with Gasteiger partial charge >= 0.3 is 0 Å². The fourth-order valence-corrected chi connectivity index (χ4v) is 1.96. The number of nitrogens with zero attached hydrogens (tertiary/aromatic N) is 2. The molecule has 0 bridgehead atoms. The zero-order chi connectivity index (χ0) is 9.86. The van der Waals surface area contributed by atoms with Crippen LogP contribution in [0, 0.1) is 0 Å². The molecule has 4 heteroatoms. The number of alkyl halides is 1. The molecule has 2 heterocycles. The molecule has 0 radical (unpaired) electrons. The molecule has 0 saturated carbocycles. The van der Waals surface area contributed by atoms with Crippen LogP contribution in [0.3, 0.4) is 0 Å². The lowest BCUT2D eigenvalue weighted by molar-refractivity contribution is 0.119. The van der Waals surface area contributed by atoms with E-state index in [1.54, 1.807) is 12.5 Å². The Labute approximate surface area is 83.3 Å². The number of hydrogen-bond acceptors (Lipinski definition) is 2. The van der Waals surface area contributed by atoms with Crippen LogP contribution >= 0.6 is 0 Å². The van der Waals surface area contributed by atoms with Crippen LogP contribution in [0.15, 0.2) is 18.7 Å². The maximum absolute atomic E-state index is 14.3. The molecule has 1 saturated heterocycles. The van der Waals surface area contributed by atoms with Gasteiger partial charge in [-0.25, -0.2) is 9.37 Å². The highest BCUT2D eigenvalue weighted by Crippen LogP contribution is 2.26. The predicted molar refractivity (Wildman–Crippen MR) is 52.8 cm³/mol. The summed E-state index contributed by atoms with van der Waals surface area (Å²) in [5.74, 6) is 0. The van der Waals surface area contributed by atoms with E-state index in [0.717, 1.165) is 19.5 Å². The Kier molecular flexibility index (Phi) is 2.82. The van der Waals surface area contributed by atoms with Gasteiger partial charge in [0.05, 0.1) is 12.9 Å². The lowest BCUT2D eigenvalue weighted by Crippen LogP contribution is -2.30. The first-order chi connectivity index (χ1) is 6.79. The van der Waals surface area contributed by atoms with Gasteiger partial charge in [0.15, 0.2) is 0 Å². The highest BCUT2D eigenvalue weighted by Gasteiger charge is 2.30. The summed E-state index contributed by atoms with van der Waals surface area (Å²) in [6, 6.07) is 0. The van der Waals surface area contributed by atoms with Crippen LogP contribution in [-0.4, -0.2) is 28.3 Å². The Morgan fingerprint density at radius 1 is 1.43 bits per heavy atom. The largest absolute Gasteiger partial charge is 0.334 e. The van der Waals surface area contributed by atoms with E-state index in [0.29, 0.717) is 19.4 Å². The van der Waals surface area contributed by atoms with E-state index in [1.165, 1.54) is 0 Å². The van der Waals surface area contributed by atoms with Gasteiger partial charge in [0.2, 0.25) is 0 Å². The third-order valence-electron chi connectivity index (χ3n) is 2.75. The van der Waals surface area contributed by atoms with Crippen molar-refractivity contribution in [2.45, 2.75) is 31.5 Å². The lowest BCUT2D eigenvalue weighted by Gasteiger charge is -2.23. The lowest BCUT2D eigenvalue weighted by atomic mass is 9.97. The van der Waals surface area contributed by atoms with Crippen molar-refractivity contribution in [3.8, 4) is 0 Å². The first-order valence-electron chi connectivity index (χ1n) is 5.14. The quantitative estimate of drug-likeness (QED) is 0.776. The zero-order valence-corrected chi connectivity index (χ0v) is 8.25. The van der Waals surface area contributed by atoms with Crippen LogP contribution in [0.4, 0.5) is 4.39 Å². The standard InChI is InChI=1S/C10H16FN3/c11-10(2-1-4-12-5-3-10)8-14-7-6-13-9-14/h6-7,9,12H,1-5,8H2. The number of imidazole rings is 1. The summed E-state index contributed by atoms with van der Waals surface area (Å²) in [7, 11) is 0. The van der Waals surface area contributed by atoms with Crippen LogP contribution in [0.2, 0.25) is 0 Å². The monoisotopic (exact) mass is 197 g/mol. The molecule has 0 spiro atoms. The van der Waals surface area contributed by atoms with Gasteiger partial charge in [0, 0.05) is 12.4 Å². The van der Waals surface area contributed by atoms with Gasteiger partial charge in [-0.2, -0.15) is 0 Å². The SMILES string of the molecule is FC1(Cn2ccnc2)CCCNCC1. The first-order valence-corrected chi connectivity index (χ1v) is 5.14. The van der Waals surface area contributed by atoms with Crippen molar-refractivity contribution in [1.29, 1.82) is 0 Å². The van der Waals surface area contributed by atoms with Crippen LogP contribution in [0.25, 0.3) is 0 Å². The molecule has 3 nitrogen and oxygen atoms in total. The van der Waals surface area contributed by atoms with E-state index in [2.05, 4.69) is 10.3 Å². The van der Waals surface area contributed by atoms with E-state index in [4.69, 9.17) is 0 Å². The number of halogens is 1. The minimum atomic E-state index is -1.05. The molecule has 1 aromatic heterocycles. The maximum atomic E-state index is 14.3. The summed E-state index contributed by atoms with van der Waals surface area (Å²) in [6.07, 6.45) is 7.37. The van der Waals surface area contributed by atoms with E-state index >= 15 is 0 Å². The van der Waals surface area contributed by atoms with Crippen LogP contribution in [0.1, 0.15) is 19.3 Å². The van der Waals surface area contributed by atoms with Gasteiger partial charge in [0.1, 0.15) is 5.67 Å². The third kappa shape index (κ3) is 2.32. The van der Waals surface area contributed by atoms with Crippen molar-refractivity contribution in [2.24, 2.45) is 0 Å². The summed E-state index contributed by atoms with van der Waals surface area (Å²) in [6.45, 7) is 2.16. The van der Waals surface area contributed by atoms with Crippen LogP contribution in [-0.2, 0) is 6.54 Å². The van der Waals surface area contributed by atoms with Crippen molar-refractivity contribution >= 4 is 0 Å². The molecule has 14 heavy (non-hydrogen) atoms. The molecule has 0 aliphatic carbocycles. The molecule has 0 aromatic carbocycles. The molecule has 1 fully saturated rings. The average molecular weight is 197 g/mol. The molecule has 1 N–H and O–H groups in total. The van der Waals surface area contributed by atoms with E-state index in [-0.39, 0.29) is 0 Å². The molecule has 1 atom stereocenters. The molecule has 1 aliphatic rings. The first kappa shape index (κ1) is 9.65. The number of aromatic nitrogens is 2. The van der Waals surface area contributed by atoms with Gasteiger partial charge in [-0.3, -0.25) is 0 Å². The van der Waals surface area contributed by atoms with Crippen molar-refractivity contribution in [3.63, 3.8) is 0 Å². The van der Waals surface area contributed by atoms with Crippen molar-refractivity contribution in [3.05, 3.63) is 18.7 Å². The summed E-state index contributed by atoms with van der Waals surface area (Å²) in [5, 5.41) is 3.22. The molecule has 1 aromatic rings. The molecule has 1 aliphatic heterocycles. The minimum Gasteiger partial charge on any atom is -0.334 e. The molecular weight excluding hydrogens is 181 g/mol. The fraction of sp³-hybridized carbons (Fsp3) is 0.700. The van der Waals surface area contributed by atoms with Gasteiger partial charge in [-0.1, -0.05) is 0 Å². The fourth-order valence-electron chi connectivity index (χ4n) is 1.96. The van der Waals surface area contributed by atoms with Crippen LogP contribution in [0.5, 0.6) is 0 Å². The average Bonchev–Trinajstić information content (AvgIpc) is 2.55. The number of hydrogen-bond donors (Lipinski definition) is 1. The second-order valence-corrected chi connectivity index (χ2v) is 3.99. The maximum Gasteiger partial charge on any atom is 0.130 e. The molecule has 1 unspecified atom stereocenters. The highest BCUT2D eigenvalue weighted by molar-refractivity contribution is 4.86. The van der Waals surface area contributed by atoms with Crippen molar-refractivity contribution < 1.29 is 4.39 Å². The highest BCUT2D eigenvalue weighted by atomic mass is 19.1. The number of nitrogens with one attached hydrogen (secondary N) is 1. The Morgan fingerprint density at radius 3 is 3.14 bits per heavy atom.